The highest BCUT2D eigenvalue weighted by atomic mass is 16.5. The first-order valence-corrected chi connectivity index (χ1v) is 25.1. The van der Waals surface area contributed by atoms with Gasteiger partial charge < -0.3 is 9.64 Å². The summed E-state index contributed by atoms with van der Waals surface area (Å²) in [7, 11) is 0. The molecule has 0 N–H and O–H groups in total. The summed E-state index contributed by atoms with van der Waals surface area (Å²) < 4.78 is 6.14. The number of hydrogen-bond acceptors (Lipinski definition) is 3. The number of benzene rings is 11. The van der Waals surface area contributed by atoms with Crippen LogP contribution >= 0.6 is 0 Å². The van der Waals surface area contributed by atoms with Gasteiger partial charge in [0.1, 0.15) is 5.75 Å². The van der Waals surface area contributed by atoms with Crippen LogP contribution in [0.25, 0.3) is 22.3 Å². The van der Waals surface area contributed by atoms with Crippen molar-refractivity contribution in [2.24, 2.45) is 0 Å². The second kappa shape index (κ2) is 18.1. The van der Waals surface area contributed by atoms with Gasteiger partial charge in [-0.25, -0.2) is 4.79 Å². The van der Waals surface area contributed by atoms with Gasteiger partial charge in [0.05, 0.1) is 16.4 Å². The Morgan fingerprint density at radius 2 is 0.712 bits per heavy atom. The molecular formula is C70H49NO2. The van der Waals surface area contributed by atoms with Crippen LogP contribution in [0.2, 0.25) is 0 Å². The molecule has 3 nitrogen and oxygen atoms in total. The third-order valence-electron chi connectivity index (χ3n) is 15.1. The molecule has 13 rings (SSSR count). The lowest BCUT2D eigenvalue weighted by atomic mass is 9.67. The maximum atomic E-state index is 14.4. The topological polar surface area (TPSA) is 29.5 Å². The molecule has 73 heavy (non-hydrogen) atoms. The minimum atomic E-state index is -0.617. The first-order chi connectivity index (χ1) is 36.1. The summed E-state index contributed by atoms with van der Waals surface area (Å²) in [6, 6.07) is 101. The first kappa shape index (κ1) is 43.7. The molecule has 0 atom stereocenters. The van der Waals surface area contributed by atoms with E-state index in [9.17, 15) is 4.79 Å². The van der Waals surface area contributed by atoms with E-state index in [0.717, 1.165) is 29.0 Å². The summed E-state index contributed by atoms with van der Waals surface area (Å²) >= 11 is 0. The lowest BCUT2D eigenvalue weighted by molar-refractivity contribution is 0.0734. The summed E-state index contributed by atoms with van der Waals surface area (Å²) in [5.74, 6) is 0.0718. The average molecular weight is 936 g/mol. The molecule has 0 aromatic heterocycles. The van der Waals surface area contributed by atoms with Gasteiger partial charge in [0.15, 0.2) is 0 Å². The zero-order chi connectivity index (χ0) is 48.8. The van der Waals surface area contributed by atoms with E-state index in [-0.39, 0.29) is 0 Å². The fourth-order valence-electron chi connectivity index (χ4n) is 12.0. The minimum absolute atomic E-state index is 0.425. The summed E-state index contributed by atoms with van der Waals surface area (Å²) in [5.41, 5.74) is 18.8. The Hall–Kier alpha value is -9.31. The number of hydrogen-bond donors (Lipinski definition) is 0. The van der Waals surface area contributed by atoms with Crippen molar-refractivity contribution in [3.63, 3.8) is 0 Å². The van der Waals surface area contributed by atoms with E-state index >= 15 is 0 Å². The van der Waals surface area contributed by atoms with Crippen molar-refractivity contribution in [3.8, 4) is 28.0 Å². The standard InChI is InChI=1S/C70H49NO2/c72-68(73-59-41-37-50(38-42-59)45-49-21-6-1-7-22-49)51-23-20-32-56(46-51)71(57-39-43-62-60-33-16-18-35-64(60)69(66(62)47-57,52-24-8-2-9-25-52)53-26-10-3-11-27-53)58-40-44-63-61-34-17-19-36-65(61)70(67(63)48-58,54-28-12-4-13-29-54)55-30-14-5-15-31-55/h1-44,46-48H,45H2. The molecule has 346 valence electrons. The number of fused-ring (bicyclic) bond motifs is 6. The van der Waals surface area contributed by atoms with E-state index in [4.69, 9.17) is 4.74 Å². The zero-order valence-electron chi connectivity index (χ0n) is 40.1. The van der Waals surface area contributed by atoms with Crippen molar-refractivity contribution in [1.29, 1.82) is 0 Å². The predicted molar refractivity (Wildman–Crippen MR) is 296 cm³/mol. The van der Waals surface area contributed by atoms with Crippen LogP contribution in [0.5, 0.6) is 5.75 Å². The van der Waals surface area contributed by atoms with E-state index < -0.39 is 16.8 Å². The fraction of sp³-hybridized carbons (Fsp3) is 0.0429. The zero-order valence-corrected chi connectivity index (χ0v) is 40.1. The van der Waals surface area contributed by atoms with E-state index in [1.54, 1.807) is 0 Å². The predicted octanol–water partition coefficient (Wildman–Crippen LogP) is 16.7. The van der Waals surface area contributed by atoms with Crippen LogP contribution < -0.4 is 9.64 Å². The van der Waals surface area contributed by atoms with Gasteiger partial charge in [-0.05, 0) is 139 Å². The van der Waals surface area contributed by atoms with Crippen molar-refractivity contribution in [3.05, 3.63) is 346 Å². The molecule has 0 radical (unpaired) electrons. The van der Waals surface area contributed by atoms with Crippen LogP contribution in [0.1, 0.15) is 66.0 Å². The van der Waals surface area contributed by atoms with Gasteiger partial charge in [0, 0.05) is 17.1 Å². The van der Waals surface area contributed by atoms with Crippen LogP contribution in [-0.4, -0.2) is 5.97 Å². The summed E-state index contributed by atoms with van der Waals surface area (Å²) in [6.07, 6.45) is 0.798. The van der Waals surface area contributed by atoms with Crippen LogP contribution in [0.3, 0.4) is 0 Å². The van der Waals surface area contributed by atoms with Crippen LogP contribution in [0.15, 0.2) is 285 Å². The molecule has 11 aromatic carbocycles. The van der Waals surface area contributed by atoms with Gasteiger partial charge in [-0.1, -0.05) is 231 Å². The fourth-order valence-corrected chi connectivity index (χ4v) is 12.0. The number of carbonyl (C=O) groups is 1. The van der Waals surface area contributed by atoms with E-state index in [1.165, 1.54) is 72.3 Å². The molecule has 2 aliphatic rings. The number of esters is 1. The van der Waals surface area contributed by atoms with Gasteiger partial charge >= 0.3 is 5.97 Å². The van der Waals surface area contributed by atoms with E-state index in [2.05, 4.69) is 241 Å². The Bertz CT molecular complexity index is 3540. The molecule has 0 unspecified atom stereocenters. The monoisotopic (exact) mass is 935 g/mol. The maximum absolute atomic E-state index is 14.4. The maximum Gasteiger partial charge on any atom is 0.343 e. The lowest BCUT2D eigenvalue weighted by Crippen LogP contribution is -2.29. The normalized spacial score (nSPS) is 13.3. The highest BCUT2D eigenvalue weighted by Crippen LogP contribution is 2.59. The molecule has 0 fully saturated rings. The summed E-state index contributed by atoms with van der Waals surface area (Å²) in [6.45, 7) is 0. The van der Waals surface area contributed by atoms with Gasteiger partial charge in [0.25, 0.3) is 0 Å². The Labute approximate surface area is 426 Å². The van der Waals surface area contributed by atoms with Gasteiger partial charge in [-0.15, -0.1) is 0 Å². The largest absolute Gasteiger partial charge is 0.423 e. The molecule has 3 heteroatoms. The Morgan fingerprint density at radius 3 is 1.18 bits per heavy atom. The smallest absolute Gasteiger partial charge is 0.343 e. The number of rotatable bonds is 11. The number of nitrogens with zero attached hydrogens (tertiary/aromatic N) is 1. The third kappa shape index (κ3) is 7.23. The van der Waals surface area contributed by atoms with Crippen LogP contribution in [0, 0.1) is 0 Å². The van der Waals surface area contributed by atoms with Crippen molar-refractivity contribution >= 4 is 23.0 Å². The summed E-state index contributed by atoms with van der Waals surface area (Å²) in [5, 5.41) is 0. The molecule has 0 saturated carbocycles. The Morgan fingerprint density at radius 1 is 0.329 bits per heavy atom. The quantitative estimate of drug-likeness (QED) is 0.0956. The minimum Gasteiger partial charge on any atom is -0.423 e. The van der Waals surface area contributed by atoms with Gasteiger partial charge in [0.2, 0.25) is 0 Å². The van der Waals surface area contributed by atoms with E-state index in [0.29, 0.717) is 11.3 Å². The van der Waals surface area contributed by atoms with Crippen LogP contribution in [-0.2, 0) is 17.3 Å². The molecule has 0 heterocycles. The third-order valence-corrected chi connectivity index (χ3v) is 15.1. The number of carbonyl (C=O) groups excluding carboxylic acids is 1. The highest BCUT2D eigenvalue weighted by molar-refractivity contribution is 5.95. The summed E-state index contributed by atoms with van der Waals surface area (Å²) in [4.78, 5) is 16.7. The van der Waals surface area contributed by atoms with Gasteiger partial charge in [-0.3, -0.25) is 0 Å². The molecule has 0 spiro atoms. The van der Waals surface area contributed by atoms with Crippen molar-refractivity contribution < 1.29 is 9.53 Å². The molecular weight excluding hydrogens is 887 g/mol. The molecule has 0 amide bonds. The Balaban J connectivity index is 1.00. The Kier molecular flexibility index (Phi) is 10.9. The molecule has 2 aliphatic carbocycles. The molecule has 11 aromatic rings. The van der Waals surface area contributed by atoms with Gasteiger partial charge in [-0.2, -0.15) is 0 Å². The van der Waals surface area contributed by atoms with Crippen LogP contribution in [0.4, 0.5) is 17.1 Å². The van der Waals surface area contributed by atoms with Crippen molar-refractivity contribution in [1.82, 2.24) is 0 Å². The number of ether oxygens (including phenoxy) is 1. The number of anilines is 3. The average Bonchev–Trinajstić information content (AvgIpc) is 3.94. The molecule has 0 saturated heterocycles. The van der Waals surface area contributed by atoms with Crippen molar-refractivity contribution in [2.45, 2.75) is 17.3 Å². The highest BCUT2D eigenvalue weighted by Gasteiger charge is 2.48. The van der Waals surface area contributed by atoms with Crippen molar-refractivity contribution in [2.75, 3.05) is 4.90 Å². The SMILES string of the molecule is O=C(Oc1ccc(Cc2ccccc2)cc1)c1cccc(N(c2ccc3c(c2)C(c2ccccc2)(c2ccccc2)c2ccccc2-3)c2ccc3c(c2)C(c2ccccc2)(c2ccccc2)c2ccccc2-3)c1. The first-order valence-electron chi connectivity index (χ1n) is 25.1. The molecule has 0 bridgehead atoms. The van der Waals surface area contributed by atoms with E-state index in [1.807, 2.05) is 48.5 Å². The molecule has 0 aliphatic heterocycles. The second-order valence-corrected chi connectivity index (χ2v) is 19.1. The lowest BCUT2D eigenvalue weighted by Gasteiger charge is -2.36. The second-order valence-electron chi connectivity index (χ2n) is 19.1.